The number of thiophene rings is 1. The van der Waals surface area contributed by atoms with Gasteiger partial charge >= 0.3 is 5.97 Å². The molecule has 0 spiro atoms. The number of rotatable bonds is 6. The smallest absolute Gasteiger partial charge is 0.342 e. The second-order valence-electron chi connectivity index (χ2n) is 6.32. The number of aromatic nitrogens is 1. The molecule has 0 bridgehead atoms. The van der Waals surface area contributed by atoms with Crippen LogP contribution < -0.4 is 5.32 Å². The van der Waals surface area contributed by atoms with Gasteiger partial charge in [-0.25, -0.2) is 4.79 Å². The third-order valence-electron chi connectivity index (χ3n) is 4.40. The maximum atomic E-state index is 12.9. The summed E-state index contributed by atoms with van der Waals surface area (Å²) in [5.74, 6) is -0.649. The summed E-state index contributed by atoms with van der Waals surface area (Å²) in [4.78, 5) is 26.2. The number of amides is 1. The Morgan fingerprint density at radius 3 is 2.72 bits per heavy atom. The van der Waals surface area contributed by atoms with Crippen molar-refractivity contribution in [1.82, 2.24) is 9.88 Å². The van der Waals surface area contributed by atoms with Gasteiger partial charge < -0.3 is 14.6 Å². The highest BCUT2D eigenvalue weighted by Crippen LogP contribution is 2.37. The summed E-state index contributed by atoms with van der Waals surface area (Å²) in [6.45, 7) is 4.19. The van der Waals surface area contributed by atoms with E-state index in [4.69, 9.17) is 4.74 Å². The number of hydrogen-bond donors (Lipinski definition) is 1. The molecular formula is C19H24N2O3S. The number of aryl methyl sites for hydroxylation is 1. The van der Waals surface area contributed by atoms with Gasteiger partial charge in [-0.3, -0.25) is 4.79 Å². The second-order valence-corrected chi connectivity index (χ2v) is 7.40. The van der Waals surface area contributed by atoms with E-state index in [2.05, 4.69) is 5.32 Å². The largest absolute Gasteiger partial charge is 0.449 e. The number of nitrogens with zero attached hydrogens (tertiary/aromatic N) is 1. The highest BCUT2D eigenvalue weighted by atomic mass is 32.1. The number of carbonyl (C=O) groups excluding carboxylic acids is 2. The summed E-state index contributed by atoms with van der Waals surface area (Å²) < 4.78 is 7.46. The SMILES string of the molecule is CCCNC(=O)[C@H](C)OC(=O)c1c(-n2cccc2)sc2c1CCCC2. The minimum Gasteiger partial charge on any atom is -0.449 e. The minimum atomic E-state index is -0.796. The number of hydrogen-bond acceptors (Lipinski definition) is 4. The Bertz CT molecular complexity index is 749. The fourth-order valence-electron chi connectivity index (χ4n) is 3.08. The van der Waals surface area contributed by atoms with Gasteiger partial charge in [-0.05, 0) is 56.7 Å². The molecule has 2 aromatic rings. The predicted molar refractivity (Wildman–Crippen MR) is 98.5 cm³/mol. The quantitative estimate of drug-likeness (QED) is 0.802. The molecule has 0 saturated heterocycles. The lowest BCUT2D eigenvalue weighted by molar-refractivity contribution is -0.129. The zero-order valence-corrected chi connectivity index (χ0v) is 15.5. The number of nitrogens with one attached hydrogen (secondary N) is 1. The molecular weight excluding hydrogens is 336 g/mol. The molecule has 1 atom stereocenters. The van der Waals surface area contributed by atoms with Crippen LogP contribution in [-0.4, -0.2) is 29.1 Å². The fourth-order valence-corrected chi connectivity index (χ4v) is 4.42. The highest BCUT2D eigenvalue weighted by Gasteiger charge is 2.29. The molecule has 0 aromatic carbocycles. The Labute approximate surface area is 152 Å². The zero-order valence-electron chi connectivity index (χ0n) is 14.7. The summed E-state index contributed by atoms with van der Waals surface area (Å²) >= 11 is 1.66. The molecule has 0 radical (unpaired) electrons. The maximum absolute atomic E-state index is 12.9. The van der Waals surface area contributed by atoms with E-state index in [-0.39, 0.29) is 5.91 Å². The first-order valence-corrected chi connectivity index (χ1v) is 9.70. The molecule has 1 N–H and O–H groups in total. The molecule has 0 aliphatic heterocycles. The molecule has 6 heteroatoms. The Morgan fingerprint density at radius 2 is 2.00 bits per heavy atom. The predicted octanol–water partition coefficient (Wildman–Crippen LogP) is 3.49. The number of fused-ring (bicyclic) bond motifs is 1. The standard InChI is InChI=1S/C19H24N2O3S/c1-3-10-20-17(22)13(2)24-19(23)16-14-8-4-5-9-15(14)25-18(16)21-11-6-7-12-21/h6-7,11-13H,3-5,8-10H2,1-2H3,(H,20,22)/t13-/m0/s1. The molecule has 25 heavy (non-hydrogen) atoms. The van der Waals surface area contributed by atoms with Crippen molar-refractivity contribution < 1.29 is 14.3 Å². The number of ether oxygens (including phenoxy) is 1. The molecule has 0 fully saturated rings. The van der Waals surface area contributed by atoms with Crippen LogP contribution in [0.3, 0.4) is 0 Å². The summed E-state index contributed by atoms with van der Waals surface area (Å²) in [5, 5.41) is 3.66. The van der Waals surface area contributed by atoms with E-state index in [1.165, 1.54) is 4.88 Å². The van der Waals surface area contributed by atoms with Crippen LogP contribution >= 0.6 is 11.3 Å². The van der Waals surface area contributed by atoms with Crippen molar-refractivity contribution in [2.75, 3.05) is 6.54 Å². The van der Waals surface area contributed by atoms with Crippen molar-refractivity contribution in [3.63, 3.8) is 0 Å². The van der Waals surface area contributed by atoms with Crippen LogP contribution in [0, 0.1) is 0 Å². The van der Waals surface area contributed by atoms with Gasteiger partial charge in [0.05, 0.1) is 5.56 Å². The van der Waals surface area contributed by atoms with E-state index >= 15 is 0 Å². The molecule has 2 aromatic heterocycles. The third-order valence-corrected chi connectivity index (χ3v) is 5.70. The van der Waals surface area contributed by atoms with E-state index in [1.54, 1.807) is 18.3 Å². The molecule has 0 saturated carbocycles. The van der Waals surface area contributed by atoms with E-state index in [0.29, 0.717) is 12.1 Å². The van der Waals surface area contributed by atoms with Crippen LogP contribution in [-0.2, 0) is 22.4 Å². The lowest BCUT2D eigenvalue weighted by Crippen LogP contribution is -2.36. The summed E-state index contributed by atoms with van der Waals surface area (Å²) in [5.41, 5.74) is 1.73. The van der Waals surface area contributed by atoms with Crippen molar-refractivity contribution in [1.29, 1.82) is 0 Å². The molecule has 134 valence electrons. The lowest BCUT2D eigenvalue weighted by atomic mass is 9.95. The Morgan fingerprint density at radius 1 is 1.28 bits per heavy atom. The lowest BCUT2D eigenvalue weighted by Gasteiger charge is -2.16. The summed E-state index contributed by atoms with van der Waals surface area (Å²) in [6.07, 6.45) is 8.07. The summed E-state index contributed by atoms with van der Waals surface area (Å²) in [7, 11) is 0. The first-order chi connectivity index (χ1) is 12.1. The van der Waals surface area contributed by atoms with Gasteiger partial charge in [0.25, 0.3) is 5.91 Å². The molecule has 1 aliphatic rings. The molecule has 3 rings (SSSR count). The van der Waals surface area contributed by atoms with Crippen LogP contribution in [0.25, 0.3) is 5.00 Å². The molecule has 1 amide bonds. The normalized spacial score (nSPS) is 14.6. The van der Waals surface area contributed by atoms with Crippen LogP contribution in [0.5, 0.6) is 0 Å². The molecule has 0 unspecified atom stereocenters. The Kier molecular flexibility index (Phi) is 5.58. The van der Waals surface area contributed by atoms with Crippen molar-refractivity contribution in [3.05, 3.63) is 40.5 Å². The topological polar surface area (TPSA) is 60.3 Å². The van der Waals surface area contributed by atoms with E-state index in [1.807, 2.05) is 36.0 Å². The van der Waals surface area contributed by atoms with Crippen molar-refractivity contribution in [2.24, 2.45) is 0 Å². The average Bonchev–Trinajstić information content (AvgIpc) is 3.26. The van der Waals surface area contributed by atoms with Crippen LogP contribution in [0.4, 0.5) is 0 Å². The third kappa shape index (κ3) is 3.79. The number of esters is 1. The average molecular weight is 360 g/mol. The Balaban J connectivity index is 1.86. The first kappa shape index (κ1) is 17.7. The minimum absolute atomic E-state index is 0.248. The van der Waals surface area contributed by atoms with Crippen LogP contribution in [0.15, 0.2) is 24.5 Å². The van der Waals surface area contributed by atoms with Crippen molar-refractivity contribution in [3.8, 4) is 5.00 Å². The maximum Gasteiger partial charge on any atom is 0.342 e. The zero-order chi connectivity index (χ0) is 17.8. The Hall–Kier alpha value is -2.08. The van der Waals surface area contributed by atoms with Gasteiger partial charge in [-0.2, -0.15) is 0 Å². The van der Waals surface area contributed by atoms with E-state index in [9.17, 15) is 9.59 Å². The molecule has 2 heterocycles. The van der Waals surface area contributed by atoms with Gasteiger partial charge in [0.1, 0.15) is 5.00 Å². The van der Waals surface area contributed by atoms with Gasteiger partial charge in [0.2, 0.25) is 0 Å². The van der Waals surface area contributed by atoms with Gasteiger partial charge in [0.15, 0.2) is 6.10 Å². The fraction of sp³-hybridized carbons (Fsp3) is 0.474. The number of carbonyl (C=O) groups is 2. The van der Waals surface area contributed by atoms with Gasteiger partial charge in [0, 0.05) is 23.8 Å². The van der Waals surface area contributed by atoms with Gasteiger partial charge in [-0.15, -0.1) is 11.3 Å². The highest BCUT2D eigenvalue weighted by molar-refractivity contribution is 7.15. The molecule has 5 nitrogen and oxygen atoms in total. The van der Waals surface area contributed by atoms with Gasteiger partial charge in [-0.1, -0.05) is 6.92 Å². The van der Waals surface area contributed by atoms with E-state index in [0.717, 1.165) is 42.7 Å². The van der Waals surface area contributed by atoms with Crippen LogP contribution in [0.2, 0.25) is 0 Å². The summed E-state index contributed by atoms with van der Waals surface area (Å²) in [6, 6.07) is 3.88. The monoisotopic (exact) mass is 360 g/mol. The second kappa shape index (κ2) is 7.87. The van der Waals surface area contributed by atoms with E-state index < -0.39 is 12.1 Å². The molecule has 1 aliphatic carbocycles. The van der Waals surface area contributed by atoms with Crippen LogP contribution in [0.1, 0.15) is 53.9 Å². The van der Waals surface area contributed by atoms with Crippen molar-refractivity contribution >= 4 is 23.2 Å². The first-order valence-electron chi connectivity index (χ1n) is 8.88. The van der Waals surface area contributed by atoms with Crippen molar-refractivity contribution in [2.45, 2.75) is 52.1 Å².